The molecule has 0 N–H and O–H groups in total. The number of nitro benzene ring substituents is 2. The van der Waals surface area contributed by atoms with Gasteiger partial charge in [-0.3, -0.25) is 20.2 Å². The molecule has 0 saturated heterocycles. The van der Waals surface area contributed by atoms with Crippen LogP contribution in [0.15, 0.2) is 77.4 Å². The van der Waals surface area contributed by atoms with Gasteiger partial charge in [-0.25, -0.2) is 9.79 Å². The molecule has 0 atom stereocenters. The highest BCUT2D eigenvalue weighted by Gasteiger charge is 2.27. The van der Waals surface area contributed by atoms with Crippen molar-refractivity contribution in [3.63, 3.8) is 0 Å². The Morgan fingerprint density at radius 2 is 1.59 bits per heavy atom. The molecule has 11 heteroatoms. The van der Waals surface area contributed by atoms with Crippen LogP contribution in [0.4, 0.5) is 11.4 Å². The van der Waals surface area contributed by atoms with E-state index in [2.05, 4.69) is 4.99 Å². The Labute approximate surface area is 197 Å². The topological polar surface area (TPSA) is 134 Å². The van der Waals surface area contributed by atoms with Crippen LogP contribution in [0.3, 0.4) is 0 Å². The van der Waals surface area contributed by atoms with E-state index in [0.29, 0.717) is 11.3 Å². The lowest BCUT2D eigenvalue weighted by molar-refractivity contribution is -0.385. The van der Waals surface area contributed by atoms with Crippen LogP contribution in [-0.4, -0.2) is 21.7 Å². The van der Waals surface area contributed by atoms with E-state index < -0.39 is 15.8 Å². The minimum atomic E-state index is -0.712. The fourth-order valence-corrected chi connectivity index (χ4v) is 3.21. The van der Waals surface area contributed by atoms with E-state index in [-0.39, 0.29) is 40.2 Å². The maximum absolute atomic E-state index is 12.2. The molecule has 0 bridgehead atoms. The highest BCUT2D eigenvalue weighted by molar-refractivity contribution is 6.34. The van der Waals surface area contributed by atoms with Gasteiger partial charge in [0.05, 0.1) is 20.4 Å². The summed E-state index contributed by atoms with van der Waals surface area (Å²) in [7, 11) is 0. The van der Waals surface area contributed by atoms with E-state index in [4.69, 9.17) is 21.1 Å². The SMILES string of the molecule is O=C1OC(c2cc([N+](=O)[O-])ccc2Cl)=N/C1=C\c1ccc(OCc2ccc([N+](=O)[O-])cc2)cc1. The summed E-state index contributed by atoms with van der Waals surface area (Å²) in [4.78, 5) is 37.0. The molecule has 3 aromatic rings. The van der Waals surface area contributed by atoms with Crippen LogP contribution in [0.25, 0.3) is 6.08 Å². The van der Waals surface area contributed by atoms with Crippen LogP contribution in [0.2, 0.25) is 5.02 Å². The van der Waals surface area contributed by atoms with Crippen molar-refractivity contribution in [2.45, 2.75) is 6.61 Å². The van der Waals surface area contributed by atoms with Gasteiger partial charge in [0.25, 0.3) is 11.4 Å². The van der Waals surface area contributed by atoms with E-state index in [0.717, 1.165) is 5.56 Å². The molecule has 0 saturated carbocycles. The van der Waals surface area contributed by atoms with Gasteiger partial charge in [0, 0.05) is 24.3 Å². The third kappa shape index (κ3) is 5.08. The Kier molecular flexibility index (Phi) is 6.33. The number of ether oxygens (including phenoxy) is 2. The monoisotopic (exact) mass is 479 g/mol. The van der Waals surface area contributed by atoms with Gasteiger partial charge in [0.15, 0.2) is 5.70 Å². The van der Waals surface area contributed by atoms with Crippen molar-refractivity contribution in [1.82, 2.24) is 0 Å². The fourth-order valence-electron chi connectivity index (χ4n) is 3.01. The number of nitro groups is 2. The highest BCUT2D eigenvalue weighted by Crippen LogP contribution is 2.27. The molecular weight excluding hydrogens is 466 g/mol. The van der Waals surface area contributed by atoms with Crippen LogP contribution in [0.1, 0.15) is 16.7 Å². The molecule has 1 heterocycles. The van der Waals surface area contributed by atoms with Gasteiger partial charge in [0.2, 0.25) is 5.90 Å². The van der Waals surface area contributed by atoms with Crippen molar-refractivity contribution < 1.29 is 24.1 Å². The number of halogens is 1. The van der Waals surface area contributed by atoms with Gasteiger partial charge in [0.1, 0.15) is 12.4 Å². The maximum atomic E-state index is 12.2. The van der Waals surface area contributed by atoms with Gasteiger partial charge in [-0.05, 0) is 47.5 Å². The smallest absolute Gasteiger partial charge is 0.363 e. The van der Waals surface area contributed by atoms with Crippen molar-refractivity contribution in [3.8, 4) is 5.75 Å². The Hall–Kier alpha value is -4.57. The molecule has 4 rings (SSSR count). The van der Waals surface area contributed by atoms with Crippen LogP contribution in [-0.2, 0) is 16.1 Å². The second kappa shape index (κ2) is 9.51. The number of cyclic esters (lactones) is 1. The predicted molar refractivity (Wildman–Crippen MR) is 123 cm³/mol. The zero-order chi connectivity index (χ0) is 24.2. The predicted octanol–water partition coefficient (Wildman–Crippen LogP) is 5.08. The van der Waals surface area contributed by atoms with Crippen LogP contribution < -0.4 is 4.74 Å². The first kappa shape index (κ1) is 22.6. The number of carbonyl (C=O) groups excluding carboxylic acids is 1. The number of hydrogen-bond donors (Lipinski definition) is 0. The van der Waals surface area contributed by atoms with Gasteiger partial charge in [-0.2, -0.15) is 0 Å². The molecule has 0 spiro atoms. The summed E-state index contributed by atoms with van der Waals surface area (Å²) < 4.78 is 10.8. The van der Waals surface area contributed by atoms with Crippen molar-refractivity contribution in [2.75, 3.05) is 0 Å². The lowest BCUT2D eigenvalue weighted by Gasteiger charge is -2.06. The first-order chi connectivity index (χ1) is 16.3. The zero-order valence-corrected chi connectivity index (χ0v) is 18.0. The zero-order valence-electron chi connectivity index (χ0n) is 17.2. The first-order valence-electron chi connectivity index (χ1n) is 9.73. The van der Waals surface area contributed by atoms with E-state index >= 15 is 0 Å². The molecule has 0 aliphatic carbocycles. The molecule has 3 aromatic carbocycles. The lowest BCUT2D eigenvalue weighted by atomic mass is 10.2. The largest absolute Gasteiger partial charge is 0.489 e. The van der Waals surface area contributed by atoms with Crippen LogP contribution in [0, 0.1) is 20.2 Å². The Morgan fingerprint density at radius 3 is 2.24 bits per heavy atom. The second-order valence-corrected chi connectivity index (χ2v) is 7.45. The molecule has 170 valence electrons. The number of esters is 1. The van der Waals surface area contributed by atoms with E-state index in [9.17, 15) is 25.0 Å². The summed E-state index contributed by atoms with van der Waals surface area (Å²) >= 11 is 6.09. The Morgan fingerprint density at radius 1 is 0.941 bits per heavy atom. The van der Waals surface area contributed by atoms with Crippen LogP contribution in [0.5, 0.6) is 5.75 Å². The fraction of sp³-hybridized carbons (Fsp3) is 0.0435. The summed E-state index contributed by atoms with van der Waals surface area (Å²) in [5.41, 5.74) is 1.36. The summed E-state index contributed by atoms with van der Waals surface area (Å²) in [5, 5.41) is 21.9. The molecule has 0 fully saturated rings. The molecule has 0 radical (unpaired) electrons. The molecule has 1 aliphatic rings. The normalized spacial score (nSPS) is 14.0. The van der Waals surface area contributed by atoms with Gasteiger partial charge in [-0.15, -0.1) is 0 Å². The molecule has 0 amide bonds. The third-order valence-electron chi connectivity index (χ3n) is 4.75. The summed E-state index contributed by atoms with van der Waals surface area (Å²) in [5.74, 6) is -0.272. The first-order valence-corrected chi connectivity index (χ1v) is 10.1. The summed E-state index contributed by atoms with van der Waals surface area (Å²) in [6, 6.07) is 16.6. The van der Waals surface area contributed by atoms with E-state index in [1.165, 1.54) is 36.4 Å². The molecule has 1 aliphatic heterocycles. The van der Waals surface area contributed by atoms with Gasteiger partial charge >= 0.3 is 5.97 Å². The van der Waals surface area contributed by atoms with Crippen molar-refractivity contribution in [3.05, 3.63) is 114 Å². The number of hydrogen-bond acceptors (Lipinski definition) is 8. The van der Waals surface area contributed by atoms with Crippen LogP contribution >= 0.6 is 11.6 Å². The lowest BCUT2D eigenvalue weighted by Crippen LogP contribution is -2.06. The number of nitrogens with zero attached hydrogens (tertiary/aromatic N) is 3. The number of carbonyl (C=O) groups is 1. The average molecular weight is 480 g/mol. The number of non-ortho nitro benzene ring substituents is 2. The van der Waals surface area contributed by atoms with E-state index in [1.807, 2.05) is 0 Å². The highest BCUT2D eigenvalue weighted by atomic mass is 35.5. The van der Waals surface area contributed by atoms with Crippen molar-refractivity contribution >= 4 is 40.9 Å². The molecule has 0 unspecified atom stereocenters. The van der Waals surface area contributed by atoms with E-state index in [1.54, 1.807) is 36.4 Å². The Balaban J connectivity index is 1.46. The summed E-state index contributed by atoms with van der Waals surface area (Å²) in [6.07, 6.45) is 1.50. The number of benzene rings is 3. The van der Waals surface area contributed by atoms with Gasteiger partial charge < -0.3 is 9.47 Å². The average Bonchev–Trinajstić information content (AvgIpc) is 3.18. The molecule has 34 heavy (non-hydrogen) atoms. The molecular formula is C23H14ClN3O7. The van der Waals surface area contributed by atoms with Crippen molar-refractivity contribution in [2.24, 2.45) is 4.99 Å². The number of rotatable bonds is 7. The Bertz CT molecular complexity index is 1350. The minimum absolute atomic E-state index is 0.00477. The summed E-state index contributed by atoms with van der Waals surface area (Å²) in [6.45, 7) is 0.225. The molecule has 0 aromatic heterocycles. The standard InChI is InChI=1S/C23H14ClN3O7/c24-20-10-7-17(27(31)32)12-19(20)22-25-21(23(28)34-22)11-14-3-8-18(9-4-14)33-13-15-1-5-16(6-2-15)26(29)30/h1-12H,13H2/b21-11-. The quantitative estimate of drug-likeness (QED) is 0.199. The van der Waals surface area contributed by atoms with Gasteiger partial charge in [-0.1, -0.05) is 23.7 Å². The number of aliphatic imine (C=N–C) groups is 1. The minimum Gasteiger partial charge on any atom is -0.489 e. The van der Waals surface area contributed by atoms with Crippen molar-refractivity contribution in [1.29, 1.82) is 0 Å². The second-order valence-electron chi connectivity index (χ2n) is 7.04. The maximum Gasteiger partial charge on any atom is 0.363 e. The molecule has 10 nitrogen and oxygen atoms in total. The third-order valence-corrected chi connectivity index (χ3v) is 5.08.